The van der Waals surface area contributed by atoms with Gasteiger partial charge in [-0.25, -0.2) is 13.1 Å². The van der Waals surface area contributed by atoms with E-state index in [-0.39, 0.29) is 12.6 Å². The van der Waals surface area contributed by atoms with Gasteiger partial charge in [-0.05, 0) is 56.5 Å². The summed E-state index contributed by atoms with van der Waals surface area (Å²) in [6, 6.07) is 16.4. The predicted octanol–water partition coefficient (Wildman–Crippen LogP) is 2.17. The molecule has 8 nitrogen and oxygen atoms in total. The summed E-state index contributed by atoms with van der Waals surface area (Å²) >= 11 is 0. The maximum absolute atomic E-state index is 13.9. The maximum Gasteiger partial charge on any atom is 0.256 e. The van der Waals surface area contributed by atoms with Crippen LogP contribution in [0.2, 0.25) is 0 Å². The number of carbonyl (C=O) groups excluding carboxylic acids is 1. The first-order valence-corrected chi connectivity index (χ1v) is 13.3. The Morgan fingerprint density at radius 2 is 1.85 bits per heavy atom. The van der Waals surface area contributed by atoms with Crippen molar-refractivity contribution >= 4 is 15.9 Å². The number of piperidine rings is 1. The lowest BCUT2D eigenvalue weighted by molar-refractivity contribution is 0.0921. The highest BCUT2D eigenvalue weighted by molar-refractivity contribution is 7.90. The first kappa shape index (κ1) is 24.7. The van der Waals surface area contributed by atoms with E-state index in [9.17, 15) is 13.2 Å². The smallest absolute Gasteiger partial charge is 0.256 e. The van der Waals surface area contributed by atoms with E-state index >= 15 is 0 Å². The van der Waals surface area contributed by atoms with E-state index in [4.69, 9.17) is 9.47 Å². The molecule has 0 aliphatic carbocycles. The van der Waals surface area contributed by atoms with Crippen molar-refractivity contribution in [1.82, 2.24) is 15.4 Å². The van der Waals surface area contributed by atoms with Crippen molar-refractivity contribution in [2.75, 3.05) is 33.4 Å². The summed E-state index contributed by atoms with van der Waals surface area (Å²) < 4.78 is 41.4. The molecular weight excluding hydrogens is 454 g/mol. The second kappa shape index (κ2) is 10.9. The SMILES string of the molecule is COc1ccccc1C(=O)NC(C1(c2ccccc2)CCNCC1)S(=O)(=O)NCC1CCCO1. The predicted molar refractivity (Wildman–Crippen MR) is 130 cm³/mol. The average molecular weight is 488 g/mol. The van der Waals surface area contributed by atoms with E-state index in [0.717, 1.165) is 18.4 Å². The number of nitrogens with one attached hydrogen (secondary N) is 3. The van der Waals surface area contributed by atoms with Crippen molar-refractivity contribution < 1.29 is 22.7 Å². The third-order valence-electron chi connectivity index (χ3n) is 6.81. The van der Waals surface area contributed by atoms with E-state index in [1.807, 2.05) is 30.3 Å². The molecule has 2 aliphatic rings. The molecule has 3 N–H and O–H groups in total. The van der Waals surface area contributed by atoms with Crippen LogP contribution in [0.25, 0.3) is 0 Å². The zero-order chi connectivity index (χ0) is 24.0. The lowest BCUT2D eigenvalue weighted by atomic mass is 9.72. The van der Waals surface area contributed by atoms with Gasteiger partial charge in [-0.2, -0.15) is 0 Å². The van der Waals surface area contributed by atoms with E-state index in [0.29, 0.717) is 43.9 Å². The van der Waals surface area contributed by atoms with Crippen molar-refractivity contribution in [2.24, 2.45) is 0 Å². The number of rotatable bonds is 9. The molecule has 2 unspecified atom stereocenters. The molecule has 0 aromatic heterocycles. The molecular formula is C25H33N3O5S. The Kier molecular flexibility index (Phi) is 7.88. The minimum Gasteiger partial charge on any atom is -0.496 e. The van der Waals surface area contributed by atoms with Crippen molar-refractivity contribution in [3.63, 3.8) is 0 Å². The van der Waals surface area contributed by atoms with E-state index in [1.54, 1.807) is 24.3 Å². The summed E-state index contributed by atoms with van der Waals surface area (Å²) in [5.41, 5.74) is 0.387. The fraction of sp³-hybridized carbons (Fsp3) is 0.480. The second-order valence-electron chi connectivity index (χ2n) is 8.85. The molecule has 2 aliphatic heterocycles. The van der Waals surface area contributed by atoms with Crippen LogP contribution in [0.4, 0.5) is 0 Å². The highest BCUT2D eigenvalue weighted by Crippen LogP contribution is 2.39. The summed E-state index contributed by atoms with van der Waals surface area (Å²) in [6.07, 6.45) is 2.71. The molecule has 2 aromatic carbocycles. The maximum atomic E-state index is 13.9. The second-order valence-corrected chi connectivity index (χ2v) is 10.7. The quantitative estimate of drug-likeness (QED) is 0.501. The van der Waals surface area contributed by atoms with Crippen LogP contribution in [0.15, 0.2) is 54.6 Å². The highest BCUT2D eigenvalue weighted by Gasteiger charge is 2.49. The van der Waals surface area contributed by atoms with E-state index < -0.39 is 26.7 Å². The Morgan fingerprint density at radius 1 is 1.15 bits per heavy atom. The van der Waals surface area contributed by atoms with Gasteiger partial charge in [0.15, 0.2) is 5.37 Å². The van der Waals surface area contributed by atoms with Crippen LogP contribution in [0, 0.1) is 0 Å². The molecule has 9 heteroatoms. The van der Waals surface area contributed by atoms with Crippen LogP contribution in [0.5, 0.6) is 5.75 Å². The zero-order valence-electron chi connectivity index (χ0n) is 19.5. The van der Waals surface area contributed by atoms with Crippen molar-refractivity contribution in [1.29, 1.82) is 0 Å². The van der Waals surface area contributed by atoms with Crippen molar-refractivity contribution in [3.05, 3.63) is 65.7 Å². The molecule has 4 rings (SSSR count). The minimum atomic E-state index is -3.97. The van der Waals surface area contributed by atoms with Crippen LogP contribution in [-0.2, 0) is 20.2 Å². The normalized spacial score (nSPS) is 21.0. The van der Waals surface area contributed by atoms with Gasteiger partial charge in [-0.3, -0.25) is 4.79 Å². The molecule has 0 spiro atoms. The van der Waals surface area contributed by atoms with Crippen LogP contribution >= 0.6 is 0 Å². The van der Waals surface area contributed by atoms with Gasteiger partial charge in [0.2, 0.25) is 10.0 Å². The molecule has 34 heavy (non-hydrogen) atoms. The summed E-state index contributed by atoms with van der Waals surface area (Å²) in [6.45, 7) is 2.13. The Balaban J connectivity index is 1.72. The largest absolute Gasteiger partial charge is 0.496 e. The molecule has 2 heterocycles. The molecule has 1 amide bonds. The van der Waals surface area contributed by atoms with E-state index in [2.05, 4.69) is 15.4 Å². The molecule has 2 atom stereocenters. The lowest BCUT2D eigenvalue weighted by Crippen LogP contribution is -2.61. The Labute approximate surface area is 201 Å². The van der Waals surface area contributed by atoms with Gasteiger partial charge in [0.1, 0.15) is 5.75 Å². The van der Waals surface area contributed by atoms with Crippen molar-refractivity contribution in [2.45, 2.75) is 42.6 Å². The summed E-state index contributed by atoms with van der Waals surface area (Å²) in [5, 5.41) is 5.04. The topological polar surface area (TPSA) is 106 Å². The molecule has 184 valence electrons. The first-order valence-electron chi connectivity index (χ1n) is 11.8. The zero-order valence-corrected chi connectivity index (χ0v) is 20.3. The summed E-state index contributed by atoms with van der Waals surface area (Å²) in [4.78, 5) is 13.4. The number of hydrogen-bond donors (Lipinski definition) is 3. The number of benzene rings is 2. The van der Waals surface area contributed by atoms with Gasteiger partial charge >= 0.3 is 0 Å². The standard InChI is InChI=1S/C25H33N3O5S/c1-32-22-12-6-5-11-21(22)23(29)28-24(34(30,31)27-18-20-10-7-17-33-20)25(13-15-26-16-14-25)19-8-3-2-4-9-19/h2-6,8-9,11-12,20,24,26-27H,7,10,13-18H2,1H3,(H,28,29). The summed E-state index contributed by atoms with van der Waals surface area (Å²) in [7, 11) is -2.48. The van der Waals surface area contributed by atoms with Crippen LogP contribution in [0.3, 0.4) is 0 Å². The van der Waals surface area contributed by atoms with Crippen LogP contribution < -0.4 is 20.1 Å². The third kappa shape index (κ3) is 5.27. The molecule has 0 radical (unpaired) electrons. The van der Waals surface area contributed by atoms with Gasteiger partial charge in [0.05, 0.1) is 18.8 Å². The van der Waals surface area contributed by atoms with Gasteiger partial charge in [0, 0.05) is 18.6 Å². The van der Waals surface area contributed by atoms with Crippen LogP contribution in [-0.4, -0.2) is 59.2 Å². The highest BCUT2D eigenvalue weighted by atomic mass is 32.2. The van der Waals surface area contributed by atoms with Crippen molar-refractivity contribution in [3.8, 4) is 5.75 Å². The molecule has 2 aromatic rings. The minimum absolute atomic E-state index is 0.152. The van der Waals surface area contributed by atoms with Crippen LogP contribution in [0.1, 0.15) is 41.6 Å². The van der Waals surface area contributed by atoms with Gasteiger partial charge in [0.25, 0.3) is 5.91 Å². The number of sulfonamides is 1. The number of ether oxygens (including phenoxy) is 2. The number of para-hydroxylation sites is 1. The van der Waals surface area contributed by atoms with Gasteiger partial charge in [-0.1, -0.05) is 42.5 Å². The number of carbonyl (C=O) groups is 1. The first-order chi connectivity index (χ1) is 16.5. The van der Waals surface area contributed by atoms with Gasteiger partial charge < -0.3 is 20.1 Å². The Morgan fingerprint density at radius 3 is 2.53 bits per heavy atom. The molecule has 0 bridgehead atoms. The Hall–Kier alpha value is -2.46. The molecule has 2 fully saturated rings. The molecule has 2 saturated heterocycles. The fourth-order valence-electron chi connectivity index (χ4n) is 4.98. The number of methoxy groups -OCH3 is 1. The third-order valence-corrected chi connectivity index (χ3v) is 8.57. The monoisotopic (exact) mass is 487 g/mol. The fourth-order valence-corrected chi connectivity index (χ4v) is 6.80. The summed E-state index contributed by atoms with van der Waals surface area (Å²) in [5.74, 6) is -0.0960. The number of hydrogen-bond acceptors (Lipinski definition) is 6. The average Bonchev–Trinajstić information content (AvgIpc) is 3.41. The Bertz CT molecular complexity index is 1060. The lowest BCUT2D eigenvalue weighted by Gasteiger charge is -2.44. The van der Waals surface area contributed by atoms with Gasteiger partial charge in [-0.15, -0.1) is 0 Å². The number of amides is 1. The molecule has 0 saturated carbocycles. The van der Waals surface area contributed by atoms with E-state index in [1.165, 1.54) is 7.11 Å².